The summed E-state index contributed by atoms with van der Waals surface area (Å²) in [5.41, 5.74) is 0.516. The maximum absolute atomic E-state index is 11.7. The predicted octanol–water partition coefficient (Wildman–Crippen LogP) is 2.69. The van der Waals surface area contributed by atoms with Crippen molar-refractivity contribution in [3.05, 3.63) is 23.2 Å². The number of aliphatic imine (C=N–C) groups is 1. The average Bonchev–Trinajstić information content (AvgIpc) is 3.04. The Labute approximate surface area is 162 Å². The van der Waals surface area contributed by atoms with Crippen LogP contribution in [0.25, 0.3) is 0 Å². The van der Waals surface area contributed by atoms with E-state index in [-0.39, 0.29) is 11.5 Å². The number of furan rings is 1. The fourth-order valence-corrected chi connectivity index (χ4v) is 3.34. The topological polar surface area (TPSA) is 79.1 Å². The molecule has 1 aliphatic rings. The van der Waals surface area contributed by atoms with Crippen LogP contribution in [0.5, 0.6) is 0 Å². The van der Waals surface area contributed by atoms with Crippen molar-refractivity contribution in [3.63, 3.8) is 0 Å². The molecule has 152 valence electrons. The third kappa shape index (κ3) is 5.99. The number of nitrogens with zero attached hydrogens (tertiary/aromatic N) is 2. The number of aryl methyl sites for hydroxylation is 1. The molecule has 2 heterocycles. The number of nitrogens with one attached hydrogen (secondary N) is 2. The lowest BCUT2D eigenvalue weighted by atomic mass is 9.98. The van der Waals surface area contributed by atoms with E-state index < -0.39 is 0 Å². The summed E-state index contributed by atoms with van der Waals surface area (Å²) in [6, 6.07) is 1.70. The number of carbonyl (C=O) groups is 1. The molecule has 0 bridgehead atoms. The Morgan fingerprint density at radius 3 is 2.63 bits per heavy atom. The van der Waals surface area contributed by atoms with Crippen molar-refractivity contribution in [1.29, 1.82) is 0 Å². The van der Waals surface area contributed by atoms with Crippen LogP contribution in [0.4, 0.5) is 0 Å². The van der Waals surface area contributed by atoms with Crippen molar-refractivity contribution < 1.29 is 13.9 Å². The number of methoxy groups -OCH3 is 1. The number of ether oxygens (including phenoxy) is 1. The molecule has 2 rings (SSSR count). The Hall–Kier alpha value is -2.02. The standard InChI is InChI=1S/C20H34N4O3/c1-6-21-19(23-14-20(3,4)24-10-8-7-9-11-24)22-13-16-12-17(15(2)27-16)18(25)26-5/h12H,6-11,13-14H2,1-5H3,(H2,21,22,23). The Balaban J connectivity index is 1.98. The van der Waals surface area contributed by atoms with Crippen molar-refractivity contribution in [2.24, 2.45) is 4.99 Å². The third-order valence-corrected chi connectivity index (χ3v) is 5.01. The molecule has 0 saturated carbocycles. The summed E-state index contributed by atoms with van der Waals surface area (Å²) in [5, 5.41) is 6.72. The van der Waals surface area contributed by atoms with E-state index in [1.165, 1.54) is 26.4 Å². The molecule has 0 aliphatic carbocycles. The van der Waals surface area contributed by atoms with Crippen LogP contribution in [0.3, 0.4) is 0 Å². The van der Waals surface area contributed by atoms with Gasteiger partial charge in [-0.3, -0.25) is 4.90 Å². The van der Waals surface area contributed by atoms with Gasteiger partial charge in [-0.25, -0.2) is 9.79 Å². The Kier molecular flexibility index (Phi) is 7.71. The number of hydrogen-bond donors (Lipinski definition) is 2. The number of esters is 1. The molecule has 1 saturated heterocycles. The van der Waals surface area contributed by atoms with Crippen LogP contribution in [0.15, 0.2) is 15.5 Å². The Bertz CT molecular complexity index is 646. The van der Waals surface area contributed by atoms with Crippen LogP contribution >= 0.6 is 0 Å². The molecule has 0 radical (unpaired) electrons. The molecule has 0 amide bonds. The fraction of sp³-hybridized carbons (Fsp3) is 0.700. The predicted molar refractivity (Wildman–Crippen MR) is 107 cm³/mol. The van der Waals surface area contributed by atoms with Crippen LogP contribution in [-0.4, -0.2) is 55.7 Å². The van der Waals surface area contributed by atoms with E-state index in [0.717, 1.165) is 32.1 Å². The van der Waals surface area contributed by atoms with Gasteiger partial charge in [0.05, 0.1) is 7.11 Å². The van der Waals surface area contributed by atoms with E-state index in [4.69, 9.17) is 9.15 Å². The molecule has 1 aromatic rings. The first kappa shape index (κ1) is 21.3. The van der Waals surface area contributed by atoms with Gasteiger partial charge in [-0.05, 0) is 59.7 Å². The summed E-state index contributed by atoms with van der Waals surface area (Å²) in [7, 11) is 1.36. The molecule has 1 fully saturated rings. The van der Waals surface area contributed by atoms with Crippen LogP contribution in [0.1, 0.15) is 61.9 Å². The van der Waals surface area contributed by atoms with E-state index in [9.17, 15) is 4.79 Å². The molecule has 7 heteroatoms. The summed E-state index contributed by atoms with van der Waals surface area (Å²) < 4.78 is 10.4. The Morgan fingerprint density at radius 1 is 1.30 bits per heavy atom. The van der Waals surface area contributed by atoms with Gasteiger partial charge in [-0.15, -0.1) is 0 Å². The molecular weight excluding hydrogens is 344 g/mol. The second-order valence-corrected chi connectivity index (χ2v) is 7.58. The first-order chi connectivity index (χ1) is 12.9. The van der Waals surface area contributed by atoms with E-state index >= 15 is 0 Å². The van der Waals surface area contributed by atoms with Crippen molar-refractivity contribution >= 4 is 11.9 Å². The van der Waals surface area contributed by atoms with Crippen LogP contribution in [0.2, 0.25) is 0 Å². The normalized spacial score (nSPS) is 16.3. The quantitative estimate of drug-likeness (QED) is 0.431. The molecule has 1 aromatic heterocycles. The first-order valence-corrected chi connectivity index (χ1v) is 9.82. The minimum Gasteiger partial charge on any atom is -0.465 e. The maximum atomic E-state index is 11.7. The van der Waals surface area contributed by atoms with Crippen molar-refractivity contribution in [3.8, 4) is 0 Å². The third-order valence-electron chi connectivity index (χ3n) is 5.01. The molecule has 0 aromatic carbocycles. The minimum absolute atomic E-state index is 0.0654. The zero-order valence-electron chi connectivity index (χ0n) is 17.4. The maximum Gasteiger partial charge on any atom is 0.341 e. The monoisotopic (exact) mass is 378 g/mol. The van der Waals surface area contributed by atoms with Crippen molar-refractivity contribution in [2.45, 2.75) is 59.0 Å². The van der Waals surface area contributed by atoms with Gasteiger partial charge in [0.1, 0.15) is 23.6 Å². The van der Waals surface area contributed by atoms with Gasteiger partial charge in [0.2, 0.25) is 0 Å². The summed E-state index contributed by atoms with van der Waals surface area (Å²) in [6.07, 6.45) is 3.89. The lowest BCUT2D eigenvalue weighted by Gasteiger charge is -2.41. The van der Waals surface area contributed by atoms with E-state index in [2.05, 4.69) is 34.4 Å². The van der Waals surface area contributed by atoms with Crippen molar-refractivity contribution in [2.75, 3.05) is 33.3 Å². The van der Waals surface area contributed by atoms with E-state index in [1.807, 2.05) is 6.92 Å². The number of carbonyl (C=O) groups excluding carboxylic acids is 1. The molecule has 0 spiro atoms. The highest BCUT2D eigenvalue weighted by atomic mass is 16.5. The lowest BCUT2D eigenvalue weighted by Crippen LogP contribution is -2.54. The van der Waals surface area contributed by atoms with E-state index in [0.29, 0.717) is 23.6 Å². The number of rotatable bonds is 7. The Morgan fingerprint density at radius 2 is 2.00 bits per heavy atom. The molecule has 7 nitrogen and oxygen atoms in total. The largest absolute Gasteiger partial charge is 0.465 e. The highest BCUT2D eigenvalue weighted by Gasteiger charge is 2.27. The molecule has 0 atom stereocenters. The molecule has 2 N–H and O–H groups in total. The van der Waals surface area contributed by atoms with Crippen LogP contribution < -0.4 is 10.6 Å². The molecule has 1 aliphatic heterocycles. The van der Waals surface area contributed by atoms with Gasteiger partial charge in [0.15, 0.2) is 5.96 Å². The summed E-state index contributed by atoms with van der Waals surface area (Å²) in [5.74, 6) is 1.55. The van der Waals surface area contributed by atoms with Gasteiger partial charge >= 0.3 is 5.97 Å². The van der Waals surface area contributed by atoms with Gasteiger partial charge in [0, 0.05) is 18.6 Å². The zero-order chi connectivity index (χ0) is 19.9. The zero-order valence-corrected chi connectivity index (χ0v) is 17.4. The number of hydrogen-bond acceptors (Lipinski definition) is 5. The second kappa shape index (κ2) is 9.78. The highest BCUT2D eigenvalue weighted by Crippen LogP contribution is 2.20. The number of likely N-dealkylation sites (tertiary alicyclic amines) is 1. The number of guanidine groups is 1. The molecule has 0 unspecified atom stereocenters. The second-order valence-electron chi connectivity index (χ2n) is 7.58. The van der Waals surface area contributed by atoms with Gasteiger partial charge < -0.3 is 19.8 Å². The molecular formula is C20H34N4O3. The summed E-state index contributed by atoms with van der Waals surface area (Å²) in [6.45, 7) is 12.6. The van der Waals surface area contributed by atoms with E-state index in [1.54, 1.807) is 13.0 Å². The van der Waals surface area contributed by atoms with Crippen LogP contribution in [0, 0.1) is 6.92 Å². The lowest BCUT2D eigenvalue weighted by molar-refractivity contribution is 0.0599. The highest BCUT2D eigenvalue weighted by molar-refractivity contribution is 5.90. The van der Waals surface area contributed by atoms with Gasteiger partial charge in [-0.2, -0.15) is 0 Å². The number of piperidine rings is 1. The molecule has 27 heavy (non-hydrogen) atoms. The SMILES string of the molecule is CCNC(=NCc1cc(C(=O)OC)c(C)o1)NCC(C)(C)N1CCCCC1. The smallest absolute Gasteiger partial charge is 0.341 e. The fourth-order valence-electron chi connectivity index (χ4n) is 3.34. The van der Waals surface area contributed by atoms with Crippen molar-refractivity contribution in [1.82, 2.24) is 15.5 Å². The van der Waals surface area contributed by atoms with Gasteiger partial charge in [-0.1, -0.05) is 6.42 Å². The first-order valence-electron chi connectivity index (χ1n) is 9.82. The van der Waals surface area contributed by atoms with Crippen LogP contribution in [-0.2, 0) is 11.3 Å². The summed E-state index contributed by atoms with van der Waals surface area (Å²) in [4.78, 5) is 18.9. The summed E-state index contributed by atoms with van der Waals surface area (Å²) >= 11 is 0. The van der Waals surface area contributed by atoms with Gasteiger partial charge in [0.25, 0.3) is 0 Å². The average molecular weight is 379 g/mol. The minimum atomic E-state index is -0.389.